The molecule has 6 nitrogen and oxygen atoms in total. The standard InChI is InChI=1S/C37H38N2O4/c1-4-37(2,3)23-10-14-25(15-11-23)43-26-16-12-24(13-17-26)38-34(40)31(20-22-8-6-5-7-9-22)39-35(41)32-27-18-19-28(30-21-29(27)30)33(32)36(39)42/h5-19,27-33H,4,20-21H2,1-3H3,(H,38,40)/t27-,28-,29-,30+,31-,32+,33+/m0/s1. The molecule has 3 fully saturated rings. The van der Waals surface area contributed by atoms with Crippen LogP contribution in [0.2, 0.25) is 0 Å². The Kier molecular flexibility index (Phi) is 6.76. The van der Waals surface area contributed by atoms with Crippen molar-refractivity contribution in [2.45, 2.75) is 51.5 Å². The number of anilines is 1. The highest BCUT2D eigenvalue weighted by molar-refractivity contribution is 6.10. The number of likely N-dealkylation sites (tertiary alicyclic amines) is 1. The minimum atomic E-state index is -0.925. The monoisotopic (exact) mass is 574 g/mol. The number of carbonyl (C=O) groups is 3. The van der Waals surface area contributed by atoms with E-state index in [1.54, 1.807) is 12.1 Å². The summed E-state index contributed by atoms with van der Waals surface area (Å²) in [5.74, 6) is 1.23. The van der Waals surface area contributed by atoms with Crippen LogP contribution in [0.15, 0.2) is 91.0 Å². The molecule has 3 aromatic rings. The first-order valence-electron chi connectivity index (χ1n) is 15.5. The topological polar surface area (TPSA) is 75.7 Å². The molecule has 4 aliphatic carbocycles. The van der Waals surface area contributed by atoms with E-state index >= 15 is 0 Å². The van der Waals surface area contributed by atoms with Gasteiger partial charge in [-0.15, -0.1) is 0 Å². The van der Waals surface area contributed by atoms with Gasteiger partial charge in [-0.1, -0.05) is 75.4 Å². The van der Waals surface area contributed by atoms with Crippen molar-refractivity contribution in [3.8, 4) is 11.5 Å². The number of nitrogens with one attached hydrogen (secondary N) is 1. The van der Waals surface area contributed by atoms with Crippen molar-refractivity contribution in [2.75, 3.05) is 5.32 Å². The lowest BCUT2D eigenvalue weighted by Gasteiger charge is -2.37. The Morgan fingerprint density at radius 2 is 1.42 bits per heavy atom. The third-order valence-corrected chi connectivity index (χ3v) is 10.5. The minimum absolute atomic E-state index is 0.107. The van der Waals surface area contributed by atoms with Gasteiger partial charge in [-0.05, 0) is 89.5 Å². The van der Waals surface area contributed by atoms with Crippen LogP contribution in [0, 0.1) is 35.5 Å². The van der Waals surface area contributed by atoms with Gasteiger partial charge in [-0.2, -0.15) is 0 Å². The molecule has 1 heterocycles. The second-order valence-corrected chi connectivity index (χ2v) is 13.3. The normalized spacial score (nSPS) is 27.5. The van der Waals surface area contributed by atoms with Gasteiger partial charge in [0.2, 0.25) is 17.7 Å². The Bertz CT molecular complexity index is 1540. The molecule has 1 N–H and O–H groups in total. The Morgan fingerprint density at radius 3 is 1.98 bits per heavy atom. The van der Waals surface area contributed by atoms with Gasteiger partial charge in [0.15, 0.2) is 0 Å². The molecule has 0 unspecified atom stereocenters. The molecule has 3 amide bonds. The third kappa shape index (κ3) is 4.87. The number of amides is 3. The number of nitrogens with zero attached hydrogens (tertiary/aromatic N) is 1. The lowest BCUT2D eigenvalue weighted by Crippen LogP contribution is -2.49. The number of carbonyl (C=O) groups excluding carboxylic acids is 3. The van der Waals surface area contributed by atoms with E-state index in [1.165, 1.54) is 10.5 Å². The van der Waals surface area contributed by atoms with Crippen molar-refractivity contribution in [1.82, 2.24) is 4.90 Å². The summed E-state index contributed by atoms with van der Waals surface area (Å²) in [5.41, 5.74) is 2.85. The Balaban J connectivity index is 1.08. The molecule has 43 heavy (non-hydrogen) atoms. The number of hydrogen-bond acceptors (Lipinski definition) is 4. The zero-order valence-corrected chi connectivity index (χ0v) is 24.9. The van der Waals surface area contributed by atoms with Crippen LogP contribution < -0.4 is 10.1 Å². The second-order valence-electron chi connectivity index (χ2n) is 13.3. The maximum absolute atomic E-state index is 13.9. The Labute approximate surface area is 253 Å². The van der Waals surface area contributed by atoms with Crippen LogP contribution in [0.5, 0.6) is 11.5 Å². The number of benzene rings is 3. The molecule has 0 spiro atoms. The average molecular weight is 575 g/mol. The summed E-state index contributed by atoms with van der Waals surface area (Å²) < 4.78 is 6.05. The van der Waals surface area contributed by atoms with Gasteiger partial charge in [0.1, 0.15) is 17.5 Å². The van der Waals surface area contributed by atoms with Crippen LogP contribution in [-0.4, -0.2) is 28.7 Å². The lowest BCUT2D eigenvalue weighted by atomic mass is 9.63. The maximum atomic E-state index is 13.9. The Morgan fingerprint density at radius 1 is 0.860 bits per heavy atom. The van der Waals surface area contributed by atoms with E-state index in [0.717, 1.165) is 24.2 Å². The van der Waals surface area contributed by atoms with Crippen LogP contribution in [0.1, 0.15) is 44.7 Å². The predicted molar refractivity (Wildman–Crippen MR) is 165 cm³/mol. The van der Waals surface area contributed by atoms with Crippen molar-refractivity contribution in [1.29, 1.82) is 0 Å². The fraction of sp³-hybridized carbons (Fsp3) is 0.378. The lowest BCUT2D eigenvalue weighted by molar-refractivity contribution is -0.146. The molecule has 0 radical (unpaired) electrons. The molecule has 1 saturated heterocycles. The van der Waals surface area contributed by atoms with Crippen molar-refractivity contribution < 1.29 is 19.1 Å². The van der Waals surface area contributed by atoms with E-state index in [-0.39, 0.29) is 53.2 Å². The second kappa shape index (κ2) is 10.5. The van der Waals surface area contributed by atoms with Gasteiger partial charge in [0.25, 0.3) is 0 Å². The van der Waals surface area contributed by atoms with E-state index in [2.05, 4.69) is 50.4 Å². The summed E-state index contributed by atoms with van der Waals surface area (Å²) in [6.45, 7) is 6.64. The van der Waals surface area contributed by atoms with Gasteiger partial charge < -0.3 is 10.1 Å². The molecule has 0 aromatic heterocycles. The SMILES string of the molecule is CCC(C)(C)c1ccc(Oc2ccc(NC(=O)[C@H](Cc3ccccc3)N3C(=O)[C@@H]4[C@H]5C=C[C@@H]([C@@H]6C[C@H]56)[C@H]4C3=O)cc2)cc1. The van der Waals surface area contributed by atoms with Crippen LogP contribution in [0.25, 0.3) is 0 Å². The zero-order chi connectivity index (χ0) is 29.9. The van der Waals surface area contributed by atoms with Crippen LogP contribution in [0.4, 0.5) is 5.69 Å². The summed E-state index contributed by atoms with van der Waals surface area (Å²) in [5, 5.41) is 2.98. The van der Waals surface area contributed by atoms with Crippen LogP contribution >= 0.6 is 0 Å². The maximum Gasteiger partial charge on any atom is 0.248 e. The first-order chi connectivity index (χ1) is 20.7. The van der Waals surface area contributed by atoms with Gasteiger partial charge in [0.05, 0.1) is 11.8 Å². The van der Waals surface area contributed by atoms with E-state index in [0.29, 0.717) is 23.3 Å². The average Bonchev–Trinajstić information content (AvgIpc) is 3.81. The van der Waals surface area contributed by atoms with Crippen LogP contribution in [0.3, 0.4) is 0 Å². The zero-order valence-electron chi connectivity index (χ0n) is 24.9. The van der Waals surface area contributed by atoms with Gasteiger partial charge in [-0.3, -0.25) is 19.3 Å². The Hall–Kier alpha value is -4.19. The van der Waals surface area contributed by atoms with Crippen molar-refractivity contribution in [2.24, 2.45) is 35.5 Å². The number of ether oxygens (including phenoxy) is 1. The molecule has 7 atom stereocenters. The highest BCUT2D eigenvalue weighted by atomic mass is 16.5. The minimum Gasteiger partial charge on any atom is -0.457 e. The summed E-state index contributed by atoms with van der Waals surface area (Å²) >= 11 is 0. The molecule has 220 valence electrons. The first kappa shape index (κ1) is 27.6. The molecule has 5 aliphatic rings. The number of rotatable bonds is 9. The van der Waals surface area contributed by atoms with Gasteiger partial charge >= 0.3 is 0 Å². The fourth-order valence-corrected chi connectivity index (χ4v) is 7.57. The number of imide groups is 1. The molecular formula is C37H38N2O4. The van der Waals surface area contributed by atoms with Gasteiger partial charge in [0, 0.05) is 12.1 Å². The summed E-state index contributed by atoms with van der Waals surface area (Å²) in [4.78, 5) is 42.9. The predicted octanol–water partition coefficient (Wildman–Crippen LogP) is 6.77. The van der Waals surface area contributed by atoms with Crippen LogP contribution in [-0.2, 0) is 26.2 Å². The highest BCUT2D eigenvalue weighted by Gasteiger charge is 2.67. The quantitative estimate of drug-likeness (QED) is 0.226. The van der Waals surface area contributed by atoms with Crippen molar-refractivity contribution in [3.05, 3.63) is 102 Å². The van der Waals surface area contributed by atoms with Crippen molar-refractivity contribution >= 4 is 23.4 Å². The number of allylic oxidation sites excluding steroid dienone is 2. The smallest absolute Gasteiger partial charge is 0.248 e. The molecule has 2 saturated carbocycles. The molecular weight excluding hydrogens is 536 g/mol. The molecule has 1 aliphatic heterocycles. The van der Waals surface area contributed by atoms with E-state index in [9.17, 15) is 14.4 Å². The largest absolute Gasteiger partial charge is 0.457 e. The highest BCUT2D eigenvalue weighted by Crippen LogP contribution is 2.65. The third-order valence-electron chi connectivity index (χ3n) is 10.5. The fourth-order valence-electron chi connectivity index (χ4n) is 7.57. The molecule has 3 aromatic carbocycles. The molecule has 2 bridgehead atoms. The summed E-state index contributed by atoms with van der Waals surface area (Å²) in [7, 11) is 0. The summed E-state index contributed by atoms with van der Waals surface area (Å²) in [6, 6.07) is 24.0. The molecule has 8 rings (SSSR count). The van der Waals surface area contributed by atoms with Crippen molar-refractivity contribution in [3.63, 3.8) is 0 Å². The molecule has 6 heteroatoms. The number of hydrogen-bond donors (Lipinski definition) is 1. The van der Waals surface area contributed by atoms with E-state index < -0.39 is 6.04 Å². The summed E-state index contributed by atoms with van der Waals surface area (Å²) in [6.07, 6.45) is 6.74. The van der Waals surface area contributed by atoms with E-state index in [4.69, 9.17) is 4.74 Å². The first-order valence-corrected chi connectivity index (χ1v) is 15.5. The van der Waals surface area contributed by atoms with E-state index in [1.807, 2.05) is 54.6 Å². The van der Waals surface area contributed by atoms with Gasteiger partial charge in [-0.25, -0.2) is 0 Å².